The SMILES string of the molecule is CCCCCCCCCCOc1ccc(-c2ccc(-c3ccc(OCCCCCCCCCC)cc3)c(C)c2)cc1. The van der Waals surface area contributed by atoms with E-state index in [4.69, 9.17) is 9.47 Å². The Morgan fingerprint density at radius 3 is 1.24 bits per heavy atom. The highest BCUT2D eigenvalue weighted by Gasteiger charge is 2.06. The molecule has 224 valence electrons. The summed E-state index contributed by atoms with van der Waals surface area (Å²) >= 11 is 0. The lowest BCUT2D eigenvalue weighted by Gasteiger charge is -2.12. The highest BCUT2D eigenvalue weighted by molar-refractivity contribution is 5.74. The lowest BCUT2D eigenvalue weighted by atomic mass is 9.96. The summed E-state index contributed by atoms with van der Waals surface area (Å²) in [4.78, 5) is 0. The molecule has 3 aromatic carbocycles. The van der Waals surface area contributed by atoms with Crippen LogP contribution in [0.2, 0.25) is 0 Å². The first-order chi connectivity index (χ1) is 20.2. The number of ether oxygens (including phenoxy) is 2. The minimum absolute atomic E-state index is 0.811. The monoisotopic (exact) mass is 556 g/mol. The highest BCUT2D eigenvalue weighted by atomic mass is 16.5. The van der Waals surface area contributed by atoms with Gasteiger partial charge in [0.1, 0.15) is 11.5 Å². The molecule has 0 saturated heterocycles. The molecular formula is C39H56O2. The van der Waals surface area contributed by atoms with E-state index in [1.807, 2.05) is 0 Å². The van der Waals surface area contributed by atoms with Crippen molar-refractivity contribution in [2.75, 3.05) is 13.2 Å². The van der Waals surface area contributed by atoms with Crippen molar-refractivity contribution < 1.29 is 9.47 Å². The molecule has 0 aromatic heterocycles. The topological polar surface area (TPSA) is 18.5 Å². The molecule has 0 heterocycles. The third-order valence-corrected chi connectivity index (χ3v) is 8.11. The fraction of sp³-hybridized carbons (Fsp3) is 0.538. The average molecular weight is 557 g/mol. The molecule has 0 aliphatic carbocycles. The van der Waals surface area contributed by atoms with Crippen LogP contribution in [0, 0.1) is 6.92 Å². The molecule has 3 rings (SSSR count). The maximum Gasteiger partial charge on any atom is 0.119 e. The first kappa shape index (κ1) is 32.8. The molecule has 0 amide bonds. The molecule has 0 fully saturated rings. The third kappa shape index (κ3) is 12.8. The van der Waals surface area contributed by atoms with Gasteiger partial charge in [0.2, 0.25) is 0 Å². The number of hydrogen-bond acceptors (Lipinski definition) is 2. The summed E-state index contributed by atoms with van der Waals surface area (Å²) in [6.45, 7) is 8.37. The number of hydrogen-bond donors (Lipinski definition) is 0. The Balaban J connectivity index is 1.38. The smallest absolute Gasteiger partial charge is 0.119 e. The van der Waals surface area contributed by atoms with Gasteiger partial charge in [-0.15, -0.1) is 0 Å². The van der Waals surface area contributed by atoms with Crippen LogP contribution in [0.3, 0.4) is 0 Å². The van der Waals surface area contributed by atoms with Gasteiger partial charge in [-0.1, -0.05) is 146 Å². The van der Waals surface area contributed by atoms with Crippen molar-refractivity contribution in [1.29, 1.82) is 0 Å². The Kier molecular flexibility index (Phi) is 16.1. The Morgan fingerprint density at radius 1 is 0.415 bits per heavy atom. The van der Waals surface area contributed by atoms with E-state index in [0.29, 0.717) is 0 Å². The van der Waals surface area contributed by atoms with E-state index >= 15 is 0 Å². The Hall–Kier alpha value is -2.74. The molecule has 0 spiro atoms. The molecule has 3 aromatic rings. The number of rotatable bonds is 22. The van der Waals surface area contributed by atoms with E-state index in [9.17, 15) is 0 Å². The second kappa shape index (κ2) is 20.2. The van der Waals surface area contributed by atoms with Crippen molar-refractivity contribution in [3.8, 4) is 33.8 Å². The van der Waals surface area contributed by atoms with Gasteiger partial charge in [-0.2, -0.15) is 0 Å². The summed E-state index contributed by atoms with van der Waals surface area (Å²) < 4.78 is 12.0. The van der Waals surface area contributed by atoms with Crippen molar-refractivity contribution in [2.45, 2.75) is 124 Å². The van der Waals surface area contributed by atoms with Gasteiger partial charge in [-0.25, -0.2) is 0 Å². The molecule has 0 aliphatic rings. The largest absolute Gasteiger partial charge is 0.494 e. The second-order valence-corrected chi connectivity index (χ2v) is 11.7. The van der Waals surface area contributed by atoms with Crippen LogP contribution in [0.5, 0.6) is 11.5 Å². The van der Waals surface area contributed by atoms with Crippen LogP contribution in [-0.4, -0.2) is 13.2 Å². The van der Waals surface area contributed by atoms with E-state index in [1.165, 1.54) is 118 Å². The molecular weight excluding hydrogens is 500 g/mol. The zero-order valence-corrected chi connectivity index (χ0v) is 26.4. The van der Waals surface area contributed by atoms with Gasteiger partial charge < -0.3 is 9.47 Å². The van der Waals surface area contributed by atoms with E-state index in [2.05, 4.69) is 87.5 Å². The van der Waals surface area contributed by atoms with E-state index < -0.39 is 0 Å². The van der Waals surface area contributed by atoms with Gasteiger partial charge in [0.05, 0.1) is 13.2 Å². The molecule has 0 saturated carbocycles. The number of benzene rings is 3. The normalized spacial score (nSPS) is 11.1. The van der Waals surface area contributed by atoms with Crippen LogP contribution in [0.15, 0.2) is 66.7 Å². The lowest BCUT2D eigenvalue weighted by Crippen LogP contribution is -1.97. The first-order valence-corrected chi connectivity index (χ1v) is 16.8. The lowest BCUT2D eigenvalue weighted by molar-refractivity contribution is 0.304. The van der Waals surface area contributed by atoms with Crippen molar-refractivity contribution in [3.63, 3.8) is 0 Å². The molecule has 0 unspecified atom stereocenters. The summed E-state index contributed by atoms with van der Waals surface area (Å²) in [5, 5.41) is 0. The molecule has 0 N–H and O–H groups in total. The van der Waals surface area contributed by atoms with Crippen LogP contribution in [0.25, 0.3) is 22.3 Å². The summed E-state index contributed by atoms with van der Waals surface area (Å²) in [6.07, 6.45) is 21.2. The zero-order valence-electron chi connectivity index (χ0n) is 26.4. The minimum Gasteiger partial charge on any atom is -0.494 e. The van der Waals surface area contributed by atoms with Gasteiger partial charge in [0.15, 0.2) is 0 Å². The molecule has 41 heavy (non-hydrogen) atoms. The highest BCUT2D eigenvalue weighted by Crippen LogP contribution is 2.30. The molecule has 2 nitrogen and oxygen atoms in total. The predicted octanol–water partition coefficient (Wildman–Crippen LogP) is 12.4. The Labute approximate surface area is 251 Å². The average Bonchev–Trinajstić information content (AvgIpc) is 3.00. The van der Waals surface area contributed by atoms with Crippen molar-refractivity contribution in [2.24, 2.45) is 0 Å². The maximum atomic E-state index is 6.01. The van der Waals surface area contributed by atoms with Gasteiger partial charge in [0.25, 0.3) is 0 Å². The number of unbranched alkanes of at least 4 members (excludes halogenated alkanes) is 14. The van der Waals surface area contributed by atoms with Gasteiger partial charge in [0, 0.05) is 0 Å². The fourth-order valence-corrected chi connectivity index (χ4v) is 5.49. The van der Waals surface area contributed by atoms with Crippen molar-refractivity contribution in [3.05, 3.63) is 72.3 Å². The van der Waals surface area contributed by atoms with Crippen LogP contribution in [-0.2, 0) is 0 Å². The molecule has 0 aliphatic heterocycles. The van der Waals surface area contributed by atoms with E-state index in [1.54, 1.807) is 0 Å². The summed E-state index contributed by atoms with van der Waals surface area (Å²) in [6, 6.07) is 23.9. The van der Waals surface area contributed by atoms with Crippen LogP contribution >= 0.6 is 0 Å². The Morgan fingerprint density at radius 2 is 0.805 bits per heavy atom. The standard InChI is InChI=1S/C39H56O2/c1-4-6-8-10-12-14-16-18-30-40-37-25-20-34(21-26-37)36-24-29-39(33(3)32-36)35-22-27-38(28-23-35)41-31-19-17-15-13-11-9-7-5-2/h20-29,32H,4-19,30-31H2,1-3H3. The summed E-state index contributed by atoms with van der Waals surface area (Å²) in [5.41, 5.74) is 6.26. The van der Waals surface area contributed by atoms with Gasteiger partial charge in [-0.05, 0) is 71.8 Å². The third-order valence-electron chi connectivity index (χ3n) is 8.11. The Bertz CT molecular complexity index is 1070. The van der Waals surface area contributed by atoms with Gasteiger partial charge in [-0.3, -0.25) is 0 Å². The van der Waals surface area contributed by atoms with Crippen LogP contribution in [0.1, 0.15) is 122 Å². The van der Waals surface area contributed by atoms with Gasteiger partial charge >= 0.3 is 0 Å². The first-order valence-electron chi connectivity index (χ1n) is 16.8. The molecule has 0 bridgehead atoms. The van der Waals surface area contributed by atoms with Crippen LogP contribution < -0.4 is 9.47 Å². The molecule has 2 heteroatoms. The second-order valence-electron chi connectivity index (χ2n) is 11.7. The molecule has 0 atom stereocenters. The van der Waals surface area contributed by atoms with Crippen molar-refractivity contribution >= 4 is 0 Å². The molecule has 0 radical (unpaired) electrons. The quantitative estimate of drug-likeness (QED) is 0.115. The number of aryl methyl sites for hydroxylation is 1. The summed E-state index contributed by atoms with van der Waals surface area (Å²) in [7, 11) is 0. The zero-order chi connectivity index (χ0) is 29.0. The van der Waals surface area contributed by atoms with E-state index in [0.717, 1.165) is 37.6 Å². The predicted molar refractivity (Wildman–Crippen MR) is 178 cm³/mol. The minimum atomic E-state index is 0.811. The maximum absolute atomic E-state index is 6.01. The van der Waals surface area contributed by atoms with E-state index in [-0.39, 0.29) is 0 Å². The van der Waals surface area contributed by atoms with Crippen molar-refractivity contribution in [1.82, 2.24) is 0 Å². The fourth-order valence-electron chi connectivity index (χ4n) is 5.49. The summed E-state index contributed by atoms with van der Waals surface area (Å²) in [5.74, 6) is 1.94. The van der Waals surface area contributed by atoms with Crippen LogP contribution in [0.4, 0.5) is 0 Å².